The predicted octanol–water partition coefficient (Wildman–Crippen LogP) is 1.29. The molecule has 98 valence electrons. The molecule has 1 aromatic carbocycles. The van der Waals surface area contributed by atoms with E-state index in [0.29, 0.717) is 6.04 Å². The van der Waals surface area contributed by atoms with Crippen molar-refractivity contribution in [2.24, 2.45) is 5.73 Å². The maximum absolute atomic E-state index is 11.3. The lowest BCUT2D eigenvalue weighted by Crippen LogP contribution is -2.46. The SMILES string of the molecule is Cc1cc(C)cc(OCC(NC2CC2)C(N)=O)c1. The van der Waals surface area contributed by atoms with E-state index in [1.165, 1.54) is 0 Å². The average Bonchev–Trinajstić information content (AvgIpc) is 3.06. The molecular weight excluding hydrogens is 228 g/mol. The zero-order valence-electron chi connectivity index (χ0n) is 10.9. The lowest BCUT2D eigenvalue weighted by molar-refractivity contribution is -0.120. The van der Waals surface area contributed by atoms with E-state index in [4.69, 9.17) is 10.5 Å². The van der Waals surface area contributed by atoms with E-state index in [-0.39, 0.29) is 12.5 Å². The fraction of sp³-hybridized carbons (Fsp3) is 0.500. The number of carbonyl (C=O) groups is 1. The van der Waals surface area contributed by atoms with Crippen LogP contribution < -0.4 is 15.8 Å². The van der Waals surface area contributed by atoms with Crippen molar-refractivity contribution in [3.63, 3.8) is 0 Å². The molecule has 0 aromatic heterocycles. The van der Waals surface area contributed by atoms with Crippen molar-refractivity contribution in [1.82, 2.24) is 5.32 Å². The van der Waals surface area contributed by atoms with Gasteiger partial charge in [-0.25, -0.2) is 0 Å². The highest BCUT2D eigenvalue weighted by Gasteiger charge is 2.27. The maximum Gasteiger partial charge on any atom is 0.238 e. The van der Waals surface area contributed by atoms with Gasteiger partial charge in [0.1, 0.15) is 18.4 Å². The van der Waals surface area contributed by atoms with Gasteiger partial charge in [-0.3, -0.25) is 4.79 Å². The van der Waals surface area contributed by atoms with Crippen LogP contribution in [0.15, 0.2) is 18.2 Å². The molecule has 0 aliphatic heterocycles. The van der Waals surface area contributed by atoms with Crippen molar-refractivity contribution >= 4 is 5.91 Å². The minimum absolute atomic E-state index is 0.286. The third-order valence-electron chi connectivity index (χ3n) is 2.97. The summed E-state index contributed by atoms with van der Waals surface area (Å²) in [6.07, 6.45) is 2.24. The monoisotopic (exact) mass is 248 g/mol. The first-order valence-corrected chi connectivity index (χ1v) is 6.31. The summed E-state index contributed by atoms with van der Waals surface area (Å²) in [7, 11) is 0. The second-order valence-electron chi connectivity index (χ2n) is 5.03. The van der Waals surface area contributed by atoms with Crippen molar-refractivity contribution in [3.05, 3.63) is 29.3 Å². The smallest absolute Gasteiger partial charge is 0.238 e. The fourth-order valence-corrected chi connectivity index (χ4v) is 1.94. The van der Waals surface area contributed by atoms with Crippen LogP contribution in [0.25, 0.3) is 0 Å². The summed E-state index contributed by atoms with van der Waals surface area (Å²) in [5, 5.41) is 3.19. The summed E-state index contributed by atoms with van der Waals surface area (Å²) in [5.41, 5.74) is 7.65. The Balaban J connectivity index is 1.93. The van der Waals surface area contributed by atoms with Crippen LogP contribution in [0, 0.1) is 13.8 Å². The number of nitrogens with two attached hydrogens (primary N) is 1. The van der Waals surface area contributed by atoms with Crippen LogP contribution in [0.4, 0.5) is 0 Å². The Morgan fingerprint density at radius 2 is 2.00 bits per heavy atom. The molecular formula is C14H20N2O2. The van der Waals surface area contributed by atoms with E-state index in [2.05, 4.69) is 11.4 Å². The molecule has 0 saturated heterocycles. The number of amides is 1. The van der Waals surface area contributed by atoms with Gasteiger partial charge >= 0.3 is 0 Å². The number of carbonyl (C=O) groups excluding carboxylic acids is 1. The molecule has 1 amide bonds. The standard InChI is InChI=1S/C14H20N2O2/c1-9-5-10(2)7-12(6-9)18-8-13(14(15)17)16-11-3-4-11/h5-7,11,13,16H,3-4,8H2,1-2H3,(H2,15,17). The van der Waals surface area contributed by atoms with Gasteiger partial charge in [0.2, 0.25) is 5.91 Å². The highest BCUT2D eigenvalue weighted by atomic mass is 16.5. The molecule has 4 nitrogen and oxygen atoms in total. The Labute approximate surface area is 108 Å². The number of hydrogen-bond acceptors (Lipinski definition) is 3. The second kappa shape index (κ2) is 5.40. The lowest BCUT2D eigenvalue weighted by atomic mass is 10.1. The minimum Gasteiger partial charge on any atom is -0.491 e. The Kier molecular flexibility index (Phi) is 3.87. The van der Waals surface area contributed by atoms with E-state index >= 15 is 0 Å². The van der Waals surface area contributed by atoms with Gasteiger partial charge < -0.3 is 15.8 Å². The largest absolute Gasteiger partial charge is 0.491 e. The molecule has 0 radical (unpaired) electrons. The number of nitrogens with one attached hydrogen (secondary N) is 1. The molecule has 0 bridgehead atoms. The van der Waals surface area contributed by atoms with Crippen molar-refractivity contribution in [2.45, 2.75) is 38.8 Å². The molecule has 1 unspecified atom stereocenters. The summed E-state index contributed by atoms with van der Waals surface area (Å²) in [5.74, 6) is 0.433. The molecule has 2 rings (SSSR count). The Morgan fingerprint density at radius 3 is 2.50 bits per heavy atom. The van der Waals surface area contributed by atoms with Crippen LogP contribution >= 0.6 is 0 Å². The number of primary amides is 1. The van der Waals surface area contributed by atoms with E-state index in [9.17, 15) is 4.79 Å². The van der Waals surface area contributed by atoms with Crippen LogP contribution in [-0.2, 0) is 4.79 Å². The van der Waals surface area contributed by atoms with Crippen molar-refractivity contribution in [3.8, 4) is 5.75 Å². The molecule has 1 saturated carbocycles. The number of aryl methyl sites for hydroxylation is 2. The van der Waals surface area contributed by atoms with Gasteiger partial charge in [-0.15, -0.1) is 0 Å². The molecule has 1 aromatic rings. The second-order valence-corrected chi connectivity index (χ2v) is 5.03. The van der Waals surface area contributed by atoms with Crippen LogP contribution in [0.5, 0.6) is 5.75 Å². The van der Waals surface area contributed by atoms with Gasteiger partial charge in [0.15, 0.2) is 0 Å². The van der Waals surface area contributed by atoms with Crippen LogP contribution in [0.1, 0.15) is 24.0 Å². The third kappa shape index (κ3) is 3.74. The summed E-state index contributed by atoms with van der Waals surface area (Å²) < 4.78 is 5.66. The molecule has 1 aliphatic rings. The normalized spacial score (nSPS) is 16.3. The van der Waals surface area contributed by atoms with Crippen LogP contribution in [0.2, 0.25) is 0 Å². The summed E-state index contributed by atoms with van der Waals surface area (Å²) >= 11 is 0. The van der Waals surface area contributed by atoms with Gasteiger partial charge in [0.05, 0.1) is 0 Å². The van der Waals surface area contributed by atoms with Crippen molar-refractivity contribution in [1.29, 1.82) is 0 Å². The lowest BCUT2D eigenvalue weighted by Gasteiger charge is -2.16. The van der Waals surface area contributed by atoms with Gasteiger partial charge in [-0.05, 0) is 49.9 Å². The molecule has 0 heterocycles. The molecule has 4 heteroatoms. The topological polar surface area (TPSA) is 64.3 Å². The molecule has 1 fully saturated rings. The highest BCUT2D eigenvalue weighted by molar-refractivity contribution is 5.80. The fourth-order valence-electron chi connectivity index (χ4n) is 1.94. The Hall–Kier alpha value is -1.55. The third-order valence-corrected chi connectivity index (χ3v) is 2.97. The molecule has 0 spiro atoms. The highest BCUT2D eigenvalue weighted by Crippen LogP contribution is 2.20. The van der Waals surface area contributed by atoms with E-state index in [1.54, 1.807) is 0 Å². The number of benzene rings is 1. The number of ether oxygens (including phenoxy) is 1. The van der Waals surface area contributed by atoms with E-state index in [0.717, 1.165) is 29.7 Å². The van der Waals surface area contributed by atoms with E-state index < -0.39 is 6.04 Å². The average molecular weight is 248 g/mol. The Morgan fingerprint density at radius 1 is 1.39 bits per heavy atom. The summed E-state index contributed by atoms with van der Waals surface area (Å²) in [4.78, 5) is 11.3. The zero-order valence-corrected chi connectivity index (χ0v) is 10.9. The van der Waals surface area contributed by atoms with Crippen LogP contribution in [0.3, 0.4) is 0 Å². The molecule has 3 N–H and O–H groups in total. The maximum atomic E-state index is 11.3. The van der Waals surface area contributed by atoms with Crippen molar-refractivity contribution < 1.29 is 9.53 Å². The van der Waals surface area contributed by atoms with Gasteiger partial charge in [-0.2, -0.15) is 0 Å². The quantitative estimate of drug-likeness (QED) is 0.797. The van der Waals surface area contributed by atoms with E-state index in [1.807, 2.05) is 26.0 Å². The summed E-state index contributed by atoms with van der Waals surface area (Å²) in [6, 6.07) is 6.04. The predicted molar refractivity (Wildman–Crippen MR) is 70.6 cm³/mol. The van der Waals surface area contributed by atoms with Crippen molar-refractivity contribution in [2.75, 3.05) is 6.61 Å². The zero-order chi connectivity index (χ0) is 13.1. The molecule has 1 atom stereocenters. The Bertz CT molecular complexity index is 421. The first-order chi connectivity index (χ1) is 8.54. The first kappa shape index (κ1) is 12.9. The van der Waals surface area contributed by atoms with Gasteiger partial charge in [0.25, 0.3) is 0 Å². The molecule has 18 heavy (non-hydrogen) atoms. The van der Waals surface area contributed by atoms with Gasteiger partial charge in [0, 0.05) is 6.04 Å². The number of hydrogen-bond donors (Lipinski definition) is 2. The first-order valence-electron chi connectivity index (χ1n) is 6.31. The van der Waals surface area contributed by atoms with Crippen LogP contribution in [-0.4, -0.2) is 24.6 Å². The minimum atomic E-state index is -0.404. The number of rotatable bonds is 6. The van der Waals surface area contributed by atoms with Gasteiger partial charge in [-0.1, -0.05) is 6.07 Å². The summed E-state index contributed by atoms with van der Waals surface area (Å²) in [6.45, 7) is 4.33. The molecule has 1 aliphatic carbocycles.